The van der Waals surface area contributed by atoms with Gasteiger partial charge in [-0.1, -0.05) is 17.8 Å². The normalized spacial score (nSPS) is 14.3. The number of halogens is 1. The molecule has 0 radical (unpaired) electrons. The van der Waals surface area contributed by atoms with E-state index >= 15 is 0 Å². The lowest BCUT2D eigenvalue weighted by molar-refractivity contribution is 0.0692. The molecule has 2 aromatic rings. The second-order valence-electron chi connectivity index (χ2n) is 4.82. The van der Waals surface area contributed by atoms with Gasteiger partial charge in [0.1, 0.15) is 5.82 Å². The Morgan fingerprint density at radius 2 is 2.29 bits per heavy atom. The van der Waals surface area contributed by atoms with Crippen LogP contribution in [0.2, 0.25) is 0 Å². The molecule has 0 atom stereocenters. The predicted octanol–water partition coefficient (Wildman–Crippen LogP) is 2.04. The number of nitrogens with zero attached hydrogens (tertiary/aromatic N) is 2. The minimum Gasteiger partial charge on any atom is -0.478 e. The molecule has 1 aromatic heterocycles. The average molecular weight is 309 g/mol. The van der Waals surface area contributed by atoms with Crippen LogP contribution >= 0.6 is 11.8 Å². The molecule has 6 nitrogen and oxygen atoms in total. The lowest BCUT2D eigenvalue weighted by atomic mass is 10.1. The highest BCUT2D eigenvalue weighted by Crippen LogP contribution is 2.36. The third-order valence-corrected chi connectivity index (χ3v) is 4.24. The van der Waals surface area contributed by atoms with Crippen LogP contribution in [0.5, 0.6) is 0 Å². The minimum absolute atomic E-state index is 0.213. The third-order valence-electron chi connectivity index (χ3n) is 3.22. The number of hydrogen-bond donors (Lipinski definition) is 2. The Hall–Kier alpha value is -2.09. The minimum atomic E-state index is -1.29. The molecule has 1 aliphatic rings. The number of carboxylic acid groups (broad SMARTS) is 1. The van der Waals surface area contributed by atoms with Crippen LogP contribution in [-0.4, -0.2) is 25.8 Å². The summed E-state index contributed by atoms with van der Waals surface area (Å²) < 4.78 is 15.2. The molecule has 3 rings (SSSR count). The first-order valence-electron chi connectivity index (χ1n) is 6.37. The van der Waals surface area contributed by atoms with Gasteiger partial charge in [-0.25, -0.2) is 19.1 Å². The Morgan fingerprint density at radius 3 is 2.90 bits per heavy atom. The van der Waals surface area contributed by atoms with E-state index in [1.807, 2.05) is 0 Å². The summed E-state index contributed by atoms with van der Waals surface area (Å²) in [5.74, 6) is -1.64. The summed E-state index contributed by atoms with van der Waals surface area (Å²) in [6, 6.07) is 4.21. The molecule has 110 valence electrons. The number of nitrogens with one attached hydrogen (secondary N) is 1. The van der Waals surface area contributed by atoms with Crippen molar-refractivity contribution in [1.82, 2.24) is 14.8 Å². The van der Waals surface area contributed by atoms with Crippen LogP contribution in [0.3, 0.4) is 0 Å². The van der Waals surface area contributed by atoms with E-state index in [-0.39, 0.29) is 17.3 Å². The lowest BCUT2D eigenvalue weighted by Crippen LogP contribution is -2.16. The largest absolute Gasteiger partial charge is 0.478 e. The topological polar surface area (TPSA) is 88.0 Å². The zero-order valence-corrected chi connectivity index (χ0v) is 11.7. The number of rotatable bonds is 5. The molecule has 21 heavy (non-hydrogen) atoms. The van der Waals surface area contributed by atoms with Crippen LogP contribution in [0.15, 0.2) is 28.2 Å². The van der Waals surface area contributed by atoms with Gasteiger partial charge >= 0.3 is 11.7 Å². The van der Waals surface area contributed by atoms with E-state index in [4.69, 9.17) is 5.11 Å². The fraction of sp³-hybridized carbons (Fsp3) is 0.308. The monoisotopic (exact) mass is 309 g/mol. The van der Waals surface area contributed by atoms with Crippen molar-refractivity contribution in [1.29, 1.82) is 0 Å². The summed E-state index contributed by atoms with van der Waals surface area (Å²) in [6.45, 7) is 0. The molecule has 1 heterocycles. The number of carboxylic acids is 1. The molecule has 8 heteroatoms. The van der Waals surface area contributed by atoms with Gasteiger partial charge in [0.05, 0.1) is 5.56 Å². The number of hydrogen-bond acceptors (Lipinski definition) is 4. The maximum absolute atomic E-state index is 13.6. The maximum Gasteiger partial charge on any atom is 0.344 e. The zero-order chi connectivity index (χ0) is 15.0. The summed E-state index contributed by atoms with van der Waals surface area (Å²) in [4.78, 5) is 22.4. The number of aromatic amines is 1. The lowest BCUT2D eigenvalue weighted by Gasteiger charge is -2.05. The Labute approximate surface area is 123 Å². The smallest absolute Gasteiger partial charge is 0.344 e. The van der Waals surface area contributed by atoms with E-state index < -0.39 is 11.8 Å². The van der Waals surface area contributed by atoms with Gasteiger partial charge in [0.25, 0.3) is 0 Å². The van der Waals surface area contributed by atoms with E-state index in [1.165, 1.54) is 23.9 Å². The van der Waals surface area contributed by atoms with E-state index in [2.05, 4.69) is 10.2 Å². The molecule has 0 unspecified atom stereocenters. The van der Waals surface area contributed by atoms with Gasteiger partial charge < -0.3 is 5.11 Å². The molecule has 2 N–H and O–H groups in total. The Balaban J connectivity index is 1.75. The number of aromatic carboxylic acids is 1. The molecule has 0 amide bonds. The number of carbonyl (C=O) groups is 1. The first-order valence-corrected chi connectivity index (χ1v) is 7.36. The van der Waals surface area contributed by atoms with Crippen molar-refractivity contribution in [3.05, 3.63) is 45.6 Å². The Bertz CT molecular complexity index is 751. The van der Waals surface area contributed by atoms with Crippen molar-refractivity contribution >= 4 is 17.7 Å². The van der Waals surface area contributed by atoms with Crippen LogP contribution in [0.4, 0.5) is 4.39 Å². The zero-order valence-electron chi connectivity index (χ0n) is 10.9. The van der Waals surface area contributed by atoms with E-state index in [0.29, 0.717) is 16.5 Å². The second kappa shape index (κ2) is 5.36. The summed E-state index contributed by atoms with van der Waals surface area (Å²) in [5, 5.41) is 15.7. The van der Waals surface area contributed by atoms with Crippen molar-refractivity contribution in [2.24, 2.45) is 0 Å². The van der Waals surface area contributed by atoms with E-state index in [9.17, 15) is 14.0 Å². The highest BCUT2D eigenvalue weighted by molar-refractivity contribution is 7.98. The number of H-pyrrole nitrogens is 1. The van der Waals surface area contributed by atoms with Crippen molar-refractivity contribution in [3.8, 4) is 0 Å². The number of thioether (sulfide) groups is 1. The van der Waals surface area contributed by atoms with Crippen molar-refractivity contribution < 1.29 is 14.3 Å². The second-order valence-corrected chi connectivity index (χ2v) is 5.76. The number of benzene rings is 1. The molecule has 1 aliphatic carbocycles. The highest BCUT2D eigenvalue weighted by atomic mass is 32.2. The van der Waals surface area contributed by atoms with Crippen LogP contribution in [0, 0.1) is 5.82 Å². The maximum atomic E-state index is 13.6. The molecule has 0 bridgehead atoms. The highest BCUT2D eigenvalue weighted by Gasteiger charge is 2.28. The average Bonchev–Trinajstić information content (AvgIpc) is 3.20. The van der Waals surface area contributed by atoms with Gasteiger partial charge in [-0.15, -0.1) is 5.10 Å². The Morgan fingerprint density at radius 1 is 1.52 bits per heavy atom. The molecule has 0 spiro atoms. The van der Waals surface area contributed by atoms with Crippen LogP contribution in [0.1, 0.15) is 34.8 Å². The fourth-order valence-corrected chi connectivity index (χ4v) is 2.97. The fourth-order valence-electron chi connectivity index (χ4n) is 2.02. The van der Waals surface area contributed by atoms with Gasteiger partial charge in [-0.05, 0) is 30.5 Å². The van der Waals surface area contributed by atoms with Gasteiger partial charge in [0.15, 0.2) is 5.16 Å². The van der Waals surface area contributed by atoms with Gasteiger partial charge in [0.2, 0.25) is 0 Å². The first kappa shape index (κ1) is 13.9. The quantitative estimate of drug-likeness (QED) is 0.825. The van der Waals surface area contributed by atoms with Gasteiger partial charge in [-0.3, -0.25) is 4.57 Å². The molecule has 1 saturated carbocycles. The first-order chi connectivity index (χ1) is 10.1. The van der Waals surface area contributed by atoms with Crippen molar-refractivity contribution in [2.75, 3.05) is 0 Å². The van der Waals surface area contributed by atoms with E-state index in [0.717, 1.165) is 12.8 Å². The molecule has 1 aromatic carbocycles. The summed E-state index contributed by atoms with van der Waals surface area (Å²) >= 11 is 1.32. The molecule has 0 saturated heterocycles. The number of aromatic nitrogens is 3. The molecular formula is C13H12FN3O3S. The third kappa shape index (κ3) is 2.85. The van der Waals surface area contributed by atoms with Crippen molar-refractivity contribution in [2.45, 2.75) is 29.8 Å². The summed E-state index contributed by atoms with van der Waals surface area (Å²) in [7, 11) is 0. The summed E-state index contributed by atoms with van der Waals surface area (Å²) in [6.07, 6.45) is 1.93. The van der Waals surface area contributed by atoms with Gasteiger partial charge in [0, 0.05) is 11.8 Å². The van der Waals surface area contributed by atoms with Crippen molar-refractivity contribution in [3.63, 3.8) is 0 Å². The van der Waals surface area contributed by atoms with Crippen LogP contribution in [0.25, 0.3) is 0 Å². The molecule has 1 fully saturated rings. The Kier molecular flexibility index (Phi) is 3.54. The molecule has 0 aliphatic heterocycles. The molecular weight excluding hydrogens is 297 g/mol. The SMILES string of the molecule is O=C(O)c1ccc(CSc2n[nH]c(=O)n2C2CC2)cc1F. The summed E-state index contributed by atoms with van der Waals surface area (Å²) in [5.41, 5.74) is 0.0612. The van der Waals surface area contributed by atoms with E-state index in [1.54, 1.807) is 10.6 Å². The standard InChI is InChI=1S/C13H12FN3O3S/c14-10-5-7(1-4-9(10)11(18)19)6-21-13-16-15-12(20)17(13)8-2-3-8/h1,4-5,8H,2-3,6H2,(H,15,20)(H,18,19). The van der Waals surface area contributed by atoms with Crippen LogP contribution < -0.4 is 5.69 Å². The predicted molar refractivity (Wildman–Crippen MR) is 74.0 cm³/mol. The van der Waals surface area contributed by atoms with Crippen LogP contribution in [-0.2, 0) is 5.75 Å². The van der Waals surface area contributed by atoms with Gasteiger partial charge in [-0.2, -0.15) is 0 Å².